The van der Waals surface area contributed by atoms with Crippen molar-refractivity contribution in [3.8, 4) is 11.5 Å². The van der Waals surface area contributed by atoms with E-state index in [0.717, 1.165) is 12.1 Å². The maximum Gasteiger partial charge on any atom is 0.250 e. The zero-order valence-corrected chi connectivity index (χ0v) is 9.30. The Hall–Kier alpha value is -1.56. The summed E-state index contributed by atoms with van der Waals surface area (Å²) in [5.41, 5.74) is -0.306. The quantitative estimate of drug-likeness (QED) is 0.615. The van der Waals surface area contributed by atoms with E-state index in [1.54, 1.807) is 6.92 Å². The van der Waals surface area contributed by atoms with Gasteiger partial charge in [0.25, 0.3) is 5.89 Å². The summed E-state index contributed by atoms with van der Waals surface area (Å²) >= 11 is 5.68. The Balaban J connectivity index is 2.49. The van der Waals surface area contributed by atoms with Gasteiger partial charge in [-0.15, -0.1) is 21.8 Å². The fourth-order valence-corrected chi connectivity index (χ4v) is 1.28. The van der Waals surface area contributed by atoms with Crippen molar-refractivity contribution >= 4 is 11.6 Å². The van der Waals surface area contributed by atoms with Crippen LogP contribution in [-0.2, 0) is 0 Å². The zero-order valence-electron chi connectivity index (χ0n) is 8.55. The first-order chi connectivity index (χ1) is 8.00. The number of aromatic nitrogens is 2. The van der Waals surface area contributed by atoms with Crippen molar-refractivity contribution in [2.24, 2.45) is 0 Å². The molecule has 0 saturated heterocycles. The maximum atomic E-state index is 13.4. The molecule has 17 heavy (non-hydrogen) atoms. The summed E-state index contributed by atoms with van der Waals surface area (Å²) in [6, 6.07) is 1.80. The van der Waals surface area contributed by atoms with Crippen molar-refractivity contribution in [3.63, 3.8) is 0 Å². The topological polar surface area (TPSA) is 38.9 Å². The van der Waals surface area contributed by atoms with E-state index in [2.05, 4.69) is 10.2 Å². The molecule has 1 heterocycles. The predicted molar refractivity (Wildman–Crippen MR) is 53.9 cm³/mol. The van der Waals surface area contributed by atoms with E-state index in [1.807, 2.05) is 0 Å². The first-order valence-corrected chi connectivity index (χ1v) is 5.05. The Bertz CT molecular complexity index is 556. The van der Waals surface area contributed by atoms with E-state index in [9.17, 15) is 13.2 Å². The largest absolute Gasteiger partial charge is 0.419 e. The summed E-state index contributed by atoms with van der Waals surface area (Å²) in [5.74, 6) is -4.41. The van der Waals surface area contributed by atoms with Gasteiger partial charge in [0.1, 0.15) is 5.38 Å². The molecular weight excluding hydrogens is 257 g/mol. The molecule has 0 aliphatic carbocycles. The van der Waals surface area contributed by atoms with Gasteiger partial charge in [-0.1, -0.05) is 0 Å². The van der Waals surface area contributed by atoms with Gasteiger partial charge in [0.2, 0.25) is 5.89 Å². The van der Waals surface area contributed by atoms with Crippen LogP contribution in [0.15, 0.2) is 16.5 Å². The van der Waals surface area contributed by atoms with Gasteiger partial charge in [-0.3, -0.25) is 0 Å². The highest BCUT2D eigenvalue weighted by Crippen LogP contribution is 2.27. The normalized spacial score (nSPS) is 12.8. The van der Waals surface area contributed by atoms with Crippen LogP contribution >= 0.6 is 11.6 Å². The first kappa shape index (κ1) is 11.9. The van der Waals surface area contributed by atoms with Gasteiger partial charge >= 0.3 is 0 Å². The van der Waals surface area contributed by atoms with Crippen molar-refractivity contribution in [3.05, 3.63) is 35.5 Å². The molecule has 1 atom stereocenters. The van der Waals surface area contributed by atoms with E-state index < -0.39 is 22.8 Å². The van der Waals surface area contributed by atoms with Crippen molar-refractivity contribution in [1.29, 1.82) is 0 Å². The Morgan fingerprint density at radius 2 is 1.88 bits per heavy atom. The van der Waals surface area contributed by atoms with Crippen molar-refractivity contribution < 1.29 is 17.6 Å². The second kappa shape index (κ2) is 4.37. The van der Waals surface area contributed by atoms with Gasteiger partial charge in [-0.25, -0.2) is 13.2 Å². The van der Waals surface area contributed by atoms with Crippen molar-refractivity contribution in [2.45, 2.75) is 12.3 Å². The highest BCUT2D eigenvalue weighted by Gasteiger charge is 2.20. The Morgan fingerprint density at radius 3 is 2.47 bits per heavy atom. The second-order valence-corrected chi connectivity index (χ2v) is 3.94. The number of hydrogen-bond acceptors (Lipinski definition) is 3. The number of hydrogen-bond donors (Lipinski definition) is 0. The average molecular weight is 263 g/mol. The second-order valence-electron chi connectivity index (χ2n) is 3.28. The molecule has 1 unspecified atom stereocenters. The molecule has 0 N–H and O–H groups in total. The Morgan fingerprint density at radius 1 is 1.18 bits per heavy atom. The molecule has 0 aliphatic heterocycles. The molecule has 1 aromatic carbocycles. The fourth-order valence-electron chi connectivity index (χ4n) is 1.20. The molecule has 1 aromatic heterocycles. The van der Waals surface area contributed by atoms with E-state index in [4.69, 9.17) is 16.0 Å². The lowest BCUT2D eigenvalue weighted by molar-refractivity contribution is 0.444. The van der Waals surface area contributed by atoms with Gasteiger partial charge in [-0.05, 0) is 19.1 Å². The smallest absolute Gasteiger partial charge is 0.250 e. The third-order valence-electron chi connectivity index (χ3n) is 2.05. The molecule has 0 aliphatic rings. The van der Waals surface area contributed by atoms with Gasteiger partial charge in [-0.2, -0.15) is 0 Å². The number of rotatable bonds is 2. The van der Waals surface area contributed by atoms with Crippen molar-refractivity contribution in [1.82, 2.24) is 10.2 Å². The monoisotopic (exact) mass is 262 g/mol. The summed E-state index contributed by atoms with van der Waals surface area (Å²) in [6.45, 7) is 1.58. The van der Waals surface area contributed by atoms with Crippen LogP contribution in [0, 0.1) is 17.5 Å². The molecule has 0 amide bonds. The fraction of sp³-hybridized carbons (Fsp3) is 0.200. The lowest BCUT2D eigenvalue weighted by atomic mass is 10.2. The minimum Gasteiger partial charge on any atom is -0.419 e. The molecule has 90 valence electrons. The summed E-state index contributed by atoms with van der Waals surface area (Å²) in [5, 5.41) is 6.51. The summed E-state index contributed by atoms with van der Waals surface area (Å²) in [7, 11) is 0. The van der Waals surface area contributed by atoms with E-state index >= 15 is 0 Å². The summed E-state index contributed by atoms with van der Waals surface area (Å²) in [6.07, 6.45) is 0. The van der Waals surface area contributed by atoms with E-state index in [0.29, 0.717) is 0 Å². The predicted octanol–water partition coefficient (Wildman–Crippen LogP) is 3.45. The molecular formula is C10H6ClF3N2O. The summed E-state index contributed by atoms with van der Waals surface area (Å²) in [4.78, 5) is 0. The van der Waals surface area contributed by atoms with Crippen LogP contribution < -0.4 is 0 Å². The third-order valence-corrected chi connectivity index (χ3v) is 2.23. The van der Waals surface area contributed by atoms with Gasteiger partial charge in [0, 0.05) is 0 Å². The average Bonchev–Trinajstić information content (AvgIpc) is 2.75. The van der Waals surface area contributed by atoms with Crippen LogP contribution in [0.5, 0.6) is 0 Å². The molecule has 3 nitrogen and oxygen atoms in total. The first-order valence-electron chi connectivity index (χ1n) is 4.62. The standard InChI is InChI=1S/C10H6ClF3N2O/c1-4(11)9-15-16-10(17-9)5-2-3-6(12)8(14)7(5)13/h2-4H,1H3. The number of alkyl halides is 1. The molecule has 0 fully saturated rings. The van der Waals surface area contributed by atoms with Crippen molar-refractivity contribution in [2.75, 3.05) is 0 Å². The SMILES string of the molecule is CC(Cl)c1nnc(-c2ccc(F)c(F)c2F)o1. The van der Waals surface area contributed by atoms with Crippen LogP contribution in [0.1, 0.15) is 18.2 Å². The molecule has 0 saturated carbocycles. The van der Waals surface area contributed by atoms with Crippen LogP contribution in [0.2, 0.25) is 0 Å². The Kier molecular flexibility index (Phi) is 3.06. The van der Waals surface area contributed by atoms with E-state index in [-0.39, 0.29) is 17.3 Å². The minimum absolute atomic E-state index is 0.0748. The van der Waals surface area contributed by atoms with Crippen LogP contribution in [0.4, 0.5) is 13.2 Å². The lowest BCUT2D eigenvalue weighted by Gasteiger charge is -1.99. The van der Waals surface area contributed by atoms with Gasteiger partial charge in [0.05, 0.1) is 5.56 Å². The van der Waals surface area contributed by atoms with Crippen LogP contribution in [-0.4, -0.2) is 10.2 Å². The Labute approximate surface area is 99.2 Å². The molecule has 0 spiro atoms. The molecule has 7 heteroatoms. The van der Waals surface area contributed by atoms with E-state index in [1.165, 1.54) is 0 Å². The van der Waals surface area contributed by atoms with Gasteiger partial charge < -0.3 is 4.42 Å². The van der Waals surface area contributed by atoms with Crippen LogP contribution in [0.3, 0.4) is 0 Å². The number of nitrogens with zero attached hydrogens (tertiary/aromatic N) is 2. The molecule has 0 bridgehead atoms. The lowest BCUT2D eigenvalue weighted by Crippen LogP contribution is -1.93. The third kappa shape index (κ3) is 2.12. The summed E-state index contributed by atoms with van der Waals surface area (Å²) < 4.78 is 44.1. The highest BCUT2D eigenvalue weighted by molar-refractivity contribution is 6.20. The molecule has 2 aromatic rings. The number of halogens is 4. The highest BCUT2D eigenvalue weighted by atomic mass is 35.5. The zero-order chi connectivity index (χ0) is 12.6. The maximum absolute atomic E-state index is 13.4. The van der Waals surface area contributed by atoms with Crippen LogP contribution in [0.25, 0.3) is 11.5 Å². The molecule has 0 radical (unpaired) electrons. The minimum atomic E-state index is -1.58. The molecule has 2 rings (SSSR count). The number of benzene rings is 1. The van der Waals surface area contributed by atoms with Gasteiger partial charge in [0.15, 0.2) is 17.5 Å².